The molecule has 0 unspecified atom stereocenters. The third kappa shape index (κ3) is 2.77. The zero-order valence-electron chi connectivity index (χ0n) is 11.5. The van der Waals surface area contributed by atoms with Crippen LogP contribution in [0.5, 0.6) is 0 Å². The molecule has 0 saturated carbocycles. The second-order valence-electron chi connectivity index (χ2n) is 6.28. The Kier molecular flexibility index (Phi) is 3.83. The maximum atomic E-state index is 11.4. The molecule has 0 aromatic rings. The lowest BCUT2D eigenvalue weighted by atomic mass is 9.87. The minimum Gasteiger partial charge on any atom is -0.413 e. The van der Waals surface area contributed by atoms with E-state index in [1.54, 1.807) is 0 Å². The monoisotopic (exact) mass is 257 g/mol. The van der Waals surface area contributed by atoms with Gasteiger partial charge in [0, 0.05) is 0 Å². The van der Waals surface area contributed by atoms with Crippen molar-refractivity contribution in [2.75, 3.05) is 0 Å². The lowest BCUT2D eigenvalue weighted by Crippen LogP contribution is -2.64. The van der Waals surface area contributed by atoms with E-state index >= 15 is 0 Å². The van der Waals surface area contributed by atoms with E-state index < -0.39 is 8.32 Å². The number of carbonyl (C=O) groups is 2. The van der Waals surface area contributed by atoms with Crippen molar-refractivity contribution < 1.29 is 14.0 Å². The highest BCUT2D eigenvalue weighted by molar-refractivity contribution is 6.74. The predicted molar refractivity (Wildman–Crippen MR) is 69.2 cm³/mol. The van der Waals surface area contributed by atoms with Gasteiger partial charge in [-0.1, -0.05) is 20.8 Å². The largest absolute Gasteiger partial charge is 0.413 e. The molecule has 0 aromatic carbocycles. The average Bonchev–Trinajstić information content (AvgIpc) is 2.10. The summed E-state index contributed by atoms with van der Waals surface area (Å²) in [6, 6.07) is -0.373. The summed E-state index contributed by atoms with van der Waals surface area (Å²) in [6.07, 6.45) is 0.595. The van der Waals surface area contributed by atoms with Gasteiger partial charge in [0.2, 0.25) is 5.91 Å². The number of carbonyl (C=O) groups excluding carboxylic acids is 2. The molecular formula is C12H23NO3Si. The van der Waals surface area contributed by atoms with Crippen molar-refractivity contribution in [2.24, 2.45) is 5.92 Å². The number of hydrogen-bond donors (Lipinski definition) is 1. The van der Waals surface area contributed by atoms with E-state index in [1.807, 2.05) is 6.92 Å². The highest BCUT2D eigenvalue weighted by Gasteiger charge is 2.47. The third-order valence-corrected chi connectivity index (χ3v) is 8.51. The fraction of sp³-hybridized carbons (Fsp3) is 0.833. The summed E-state index contributed by atoms with van der Waals surface area (Å²) in [6.45, 7) is 12.7. The normalized spacial score (nSPS) is 27.1. The van der Waals surface area contributed by atoms with Crippen LogP contribution in [0.2, 0.25) is 18.1 Å². The van der Waals surface area contributed by atoms with Crippen molar-refractivity contribution in [3.8, 4) is 0 Å². The maximum Gasteiger partial charge on any atom is 0.228 e. The molecule has 3 atom stereocenters. The second-order valence-corrected chi connectivity index (χ2v) is 11.0. The van der Waals surface area contributed by atoms with Crippen LogP contribution in [0.15, 0.2) is 0 Å². The molecule has 5 heteroatoms. The fourth-order valence-corrected chi connectivity index (χ4v) is 3.19. The van der Waals surface area contributed by atoms with Crippen molar-refractivity contribution in [3.63, 3.8) is 0 Å². The quantitative estimate of drug-likeness (QED) is 0.474. The average molecular weight is 257 g/mol. The van der Waals surface area contributed by atoms with Crippen molar-refractivity contribution in [1.82, 2.24) is 5.32 Å². The van der Waals surface area contributed by atoms with E-state index in [-0.39, 0.29) is 29.0 Å². The van der Waals surface area contributed by atoms with Crippen LogP contribution in [-0.4, -0.2) is 32.7 Å². The summed E-state index contributed by atoms with van der Waals surface area (Å²) >= 11 is 0. The van der Waals surface area contributed by atoms with Gasteiger partial charge in [-0.15, -0.1) is 0 Å². The zero-order chi connectivity index (χ0) is 13.4. The minimum absolute atomic E-state index is 0.0756. The van der Waals surface area contributed by atoms with Gasteiger partial charge in [-0.3, -0.25) is 4.79 Å². The van der Waals surface area contributed by atoms with Crippen LogP contribution < -0.4 is 5.32 Å². The van der Waals surface area contributed by atoms with Crippen LogP contribution >= 0.6 is 0 Å². The van der Waals surface area contributed by atoms with E-state index in [9.17, 15) is 9.59 Å². The van der Waals surface area contributed by atoms with Crippen LogP contribution in [0, 0.1) is 5.92 Å². The Balaban J connectivity index is 2.69. The summed E-state index contributed by atoms with van der Waals surface area (Å²) in [5.41, 5.74) is 0. The standard InChI is InChI=1S/C12H23NO3Si/c1-8(10-9(7-14)13-11(10)15)16-17(5,6)12(2,3)4/h7-10H,1-6H3,(H,13,15)/t8-,9-,10-/m1/s1. The first-order valence-corrected chi connectivity index (χ1v) is 8.94. The first kappa shape index (κ1) is 14.4. The van der Waals surface area contributed by atoms with Crippen LogP contribution in [0.1, 0.15) is 27.7 Å². The molecule has 0 aromatic heterocycles. The van der Waals surface area contributed by atoms with E-state index in [1.165, 1.54) is 0 Å². The summed E-state index contributed by atoms with van der Waals surface area (Å²) in [4.78, 5) is 22.2. The SMILES string of the molecule is C[C@@H](O[Si](C)(C)C(C)(C)C)[C@H]1C(=O)N[C@@H]1C=O. The van der Waals surface area contributed by atoms with Gasteiger partial charge < -0.3 is 14.5 Å². The van der Waals surface area contributed by atoms with Crippen LogP contribution in [0.4, 0.5) is 0 Å². The number of rotatable bonds is 4. The van der Waals surface area contributed by atoms with Gasteiger partial charge in [-0.05, 0) is 25.1 Å². The Labute approximate surface area is 104 Å². The van der Waals surface area contributed by atoms with Gasteiger partial charge in [0.1, 0.15) is 6.29 Å². The Morgan fingerprint density at radius 1 is 1.41 bits per heavy atom. The van der Waals surface area contributed by atoms with E-state index in [0.29, 0.717) is 0 Å². The molecular weight excluding hydrogens is 234 g/mol. The Hall–Kier alpha value is -0.683. The Morgan fingerprint density at radius 3 is 2.29 bits per heavy atom. The van der Waals surface area contributed by atoms with E-state index in [2.05, 4.69) is 39.2 Å². The first-order valence-electron chi connectivity index (χ1n) is 6.03. The van der Waals surface area contributed by atoms with Gasteiger partial charge in [0.05, 0.1) is 18.1 Å². The van der Waals surface area contributed by atoms with E-state index in [4.69, 9.17) is 4.43 Å². The highest BCUT2D eigenvalue weighted by Crippen LogP contribution is 2.38. The molecule has 1 rings (SSSR count). The van der Waals surface area contributed by atoms with Crippen molar-refractivity contribution in [2.45, 2.75) is 58.0 Å². The Morgan fingerprint density at radius 2 is 1.94 bits per heavy atom. The van der Waals surface area contributed by atoms with Gasteiger partial charge in [-0.25, -0.2) is 0 Å². The molecule has 1 aliphatic heterocycles. The van der Waals surface area contributed by atoms with Gasteiger partial charge >= 0.3 is 0 Å². The molecule has 1 saturated heterocycles. The van der Waals surface area contributed by atoms with Crippen LogP contribution in [-0.2, 0) is 14.0 Å². The number of hydrogen-bond acceptors (Lipinski definition) is 3. The molecule has 0 aliphatic carbocycles. The first-order chi connectivity index (χ1) is 7.60. The molecule has 1 amide bonds. The maximum absolute atomic E-state index is 11.4. The van der Waals surface area contributed by atoms with E-state index in [0.717, 1.165) is 6.29 Å². The summed E-state index contributed by atoms with van der Waals surface area (Å²) in [5.74, 6) is -0.394. The summed E-state index contributed by atoms with van der Waals surface area (Å²) < 4.78 is 6.13. The lowest BCUT2D eigenvalue weighted by molar-refractivity contribution is -0.143. The van der Waals surface area contributed by atoms with Crippen molar-refractivity contribution in [1.29, 1.82) is 0 Å². The minimum atomic E-state index is -1.88. The Bertz CT molecular complexity index is 322. The number of β-lactam (4-membered cyclic amide) rings is 1. The number of aldehydes is 1. The highest BCUT2D eigenvalue weighted by atomic mass is 28.4. The molecule has 4 nitrogen and oxygen atoms in total. The smallest absolute Gasteiger partial charge is 0.228 e. The second kappa shape index (κ2) is 4.53. The molecule has 1 fully saturated rings. The fourth-order valence-electron chi connectivity index (χ4n) is 1.76. The topological polar surface area (TPSA) is 55.4 Å². The predicted octanol–water partition coefficient (Wildman–Crippen LogP) is 1.71. The molecule has 0 bridgehead atoms. The molecule has 0 spiro atoms. The molecule has 17 heavy (non-hydrogen) atoms. The molecule has 1 heterocycles. The molecule has 0 radical (unpaired) electrons. The number of amides is 1. The van der Waals surface area contributed by atoms with Gasteiger partial charge in [-0.2, -0.15) is 0 Å². The van der Waals surface area contributed by atoms with Gasteiger partial charge in [0.25, 0.3) is 0 Å². The molecule has 98 valence electrons. The zero-order valence-corrected chi connectivity index (χ0v) is 12.5. The lowest BCUT2D eigenvalue weighted by Gasteiger charge is -2.43. The van der Waals surface area contributed by atoms with Crippen LogP contribution in [0.25, 0.3) is 0 Å². The van der Waals surface area contributed by atoms with Crippen molar-refractivity contribution in [3.05, 3.63) is 0 Å². The van der Waals surface area contributed by atoms with Crippen molar-refractivity contribution >= 4 is 20.5 Å². The third-order valence-electron chi connectivity index (χ3n) is 3.94. The molecule has 1 N–H and O–H groups in total. The number of nitrogens with one attached hydrogen (secondary N) is 1. The van der Waals surface area contributed by atoms with Crippen LogP contribution in [0.3, 0.4) is 0 Å². The summed E-state index contributed by atoms with van der Waals surface area (Å²) in [5, 5.41) is 2.69. The van der Waals surface area contributed by atoms with Gasteiger partial charge in [0.15, 0.2) is 8.32 Å². The summed E-state index contributed by atoms with van der Waals surface area (Å²) in [7, 11) is -1.88. The molecule has 1 aliphatic rings.